The van der Waals surface area contributed by atoms with E-state index in [0.717, 1.165) is 9.88 Å². The lowest BCUT2D eigenvalue weighted by atomic mass is 10.3. The van der Waals surface area contributed by atoms with Crippen LogP contribution in [-0.4, -0.2) is 4.98 Å². The first-order valence-electron chi connectivity index (χ1n) is 4.76. The molecule has 16 heavy (non-hydrogen) atoms. The summed E-state index contributed by atoms with van der Waals surface area (Å²) in [6.45, 7) is 1.93. The fraction of sp³-hybridized carbons (Fsp3) is 0.182. The van der Waals surface area contributed by atoms with Gasteiger partial charge < -0.3 is 5.73 Å². The van der Waals surface area contributed by atoms with Crippen molar-refractivity contribution in [1.82, 2.24) is 4.98 Å². The van der Waals surface area contributed by atoms with Crippen molar-refractivity contribution in [2.75, 3.05) is 5.73 Å². The number of aryl methyl sites for hydroxylation is 1. The van der Waals surface area contributed by atoms with E-state index < -0.39 is 0 Å². The Balaban J connectivity index is 2.05. The molecule has 0 aliphatic carbocycles. The highest BCUT2D eigenvalue weighted by Crippen LogP contribution is 2.28. The number of nitrogens with two attached hydrogens (primary N) is 1. The van der Waals surface area contributed by atoms with Crippen LogP contribution in [0.25, 0.3) is 0 Å². The van der Waals surface area contributed by atoms with E-state index in [4.69, 9.17) is 5.73 Å². The maximum Gasteiger partial charge on any atom is 0.137 e. The minimum Gasteiger partial charge on any atom is -0.383 e. The topological polar surface area (TPSA) is 38.9 Å². The van der Waals surface area contributed by atoms with E-state index in [1.807, 2.05) is 13.0 Å². The molecule has 0 fully saturated rings. The summed E-state index contributed by atoms with van der Waals surface area (Å²) in [7, 11) is 0. The van der Waals surface area contributed by atoms with Crippen LogP contribution in [0.4, 0.5) is 10.2 Å². The van der Waals surface area contributed by atoms with Gasteiger partial charge in [-0.05, 0) is 19.1 Å². The molecule has 0 unspecified atom stereocenters. The van der Waals surface area contributed by atoms with Gasteiger partial charge in [0.15, 0.2) is 0 Å². The third kappa shape index (κ3) is 2.54. The highest BCUT2D eigenvalue weighted by atomic mass is 32.2. The lowest BCUT2D eigenvalue weighted by molar-refractivity contribution is 0.602. The SMILES string of the molecule is Cc1sc(CSc2ccccc2F)nc1N. The van der Waals surface area contributed by atoms with Crippen molar-refractivity contribution in [2.45, 2.75) is 17.6 Å². The van der Waals surface area contributed by atoms with Crippen LogP contribution in [-0.2, 0) is 5.75 Å². The standard InChI is InChI=1S/C11H11FN2S2/c1-7-11(13)14-10(16-7)6-15-9-5-3-2-4-8(9)12/h2-5H,6,13H2,1H3. The molecule has 2 aromatic rings. The average Bonchev–Trinajstić information content (AvgIpc) is 2.57. The fourth-order valence-corrected chi connectivity index (χ4v) is 3.01. The van der Waals surface area contributed by atoms with Crippen molar-refractivity contribution in [2.24, 2.45) is 0 Å². The molecule has 0 saturated heterocycles. The Labute approximate surface area is 102 Å². The number of rotatable bonds is 3. The Hall–Kier alpha value is -1.07. The van der Waals surface area contributed by atoms with E-state index in [1.165, 1.54) is 17.8 Å². The number of thiazole rings is 1. The highest BCUT2D eigenvalue weighted by molar-refractivity contribution is 7.98. The number of anilines is 1. The van der Waals surface area contributed by atoms with Crippen molar-refractivity contribution < 1.29 is 4.39 Å². The van der Waals surface area contributed by atoms with Crippen molar-refractivity contribution in [3.63, 3.8) is 0 Å². The first-order valence-corrected chi connectivity index (χ1v) is 6.56. The van der Waals surface area contributed by atoms with E-state index in [9.17, 15) is 4.39 Å². The van der Waals surface area contributed by atoms with Crippen LogP contribution in [0.2, 0.25) is 0 Å². The van der Waals surface area contributed by atoms with E-state index in [1.54, 1.807) is 23.5 Å². The molecular formula is C11H11FN2S2. The van der Waals surface area contributed by atoms with Crippen LogP contribution < -0.4 is 5.73 Å². The molecule has 0 aliphatic rings. The highest BCUT2D eigenvalue weighted by Gasteiger charge is 2.06. The number of hydrogen-bond donors (Lipinski definition) is 1. The number of nitrogens with zero attached hydrogens (tertiary/aromatic N) is 1. The molecule has 0 amide bonds. The quantitative estimate of drug-likeness (QED) is 0.852. The Morgan fingerprint density at radius 3 is 2.81 bits per heavy atom. The predicted molar refractivity (Wildman–Crippen MR) is 67.2 cm³/mol. The third-order valence-corrected chi connectivity index (χ3v) is 4.29. The molecule has 0 saturated carbocycles. The smallest absolute Gasteiger partial charge is 0.137 e. The van der Waals surface area contributed by atoms with E-state index in [0.29, 0.717) is 16.5 Å². The number of nitrogen functional groups attached to an aromatic ring is 1. The molecule has 5 heteroatoms. The molecule has 0 radical (unpaired) electrons. The van der Waals surface area contributed by atoms with Crippen molar-refractivity contribution in [3.05, 3.63) is 40.0 Å². The van der Waals surface area contributed by atoms with Crippen LogP contribution >= 0.6 is 23.1 Å². The molecular weight excluding hydrogens is 243 g/mol. The van der Waals surface area contributed by atoms with Gasteiger partial charge in [0, 0.05) is 9.77 Å². The van der Waals surface area contributed by atoms with Crippen molar-refractivity contribution in [3.8, 4) is 0 Å². The molecule has 2 N–H and O–H groups in total. The molecule has 0 spiro atoms. The van der Waals surface area contributed by atoms with Gasteiger partial charge in [-0.25, -0.2) is 9.37 Å². The molecule has 1 heterocycles. The average molecular weight is 254 g/mol. The molecule has 1 aromatic heterocycles. The number of thioether (sulfide) groups is 1. The lowest BCUT2D eigenvalue weighted by Gasteiger charge is -1.99. The zero-order valence-corrected chi connectivity index (χ0v) is 10.4. The summed E-state index contributed by atoms with van der Waals surface area (Å²) in [5.74, 6) is 1.05. The van der Waals surface area contributed by atoms with Gasteiger partial charge in [0.05, 0.1) is 5.75 Å². The van der Waals surface area contributed by atoms with Gasteiger partial charge in [0.1, 0.15) is 16.6 Å². The molecule has 0 aliphatic heterocycles. The first kappa shape index (κ1) is 11.4. The Bertz CT molecular complexity index is 477. The summed E-state index contributed by atoms with van der Waals surface area (Å²) >= 11 is 3.00. The second kappa shape index (κ2) is 4.84. The Kier molecular flexibility index (Phi) is 3.46. The maximum absolute atomic E-state index is 13.3. The van der Waals surface area contributed by atoms with Gasteiger partial charge in [-0.1, -0.05) is 12.1 Å². The molecule has 2 nitrogen and oxygen atoms in total. The van der Waals surface area contributed by atoms with E-state index in [2.05, 4.69) is 4.98 Å². The number of benzene rings is 1. The molecule has 2 rings (SSSR count). The van der Waals surface area contributed by atoms with Gasteiger partial charge in [0.25, 0.3) is 0 Å². The molecule has 1 aromatic carbocycles. The summed E-state index contributed by atoms with van der Waals surface area (Å²) in [4.78, 5) is 5.87. The third-order valence-electron chi connectivity index (χ3n) is 2.06. The van der Waals surface area contributed by atoms with Crippen LogP contribution in [0.3, 0.4) is 0 Å². The van der Waals surface area contributed by atoms with Gasteiger partial charge in [-0.3, -0.25) is 0 Å². The van der Waals surface area contributed by atoms with Gasteiger partial charge in [0.2, 0.25) is 0 Å². The zero-order valence-electron chi connectivity index (χ0n) is 8.74. The summed E-state index contributed by atoms with van der Waals surface area (Å²) < 4.78 is 13.3. The first-order chi connectivity index (χ1) is 7.66. The Morgan fingerprint density at radius 2 is 2.19 bits per heavy atom. The molecule has 84 valence electrons. The summed E-state index contributed by atoms with van der Waals surface area (Å²) in [6.07, 6.45) is 0. The number of halogens is 1. The van der Waals surface area contributed by atoms with Gasteiger partial charge in [-0.2, -0.15) is 0 Å². The second-order valence-electron chi connectivity index (χ2n) is 3.27. The van der Waals surface area contributed by atoms with Crippen molar-refractivity contribution >= 4 is 28.9 Å². The fourth-order valence-electron chi connectivity index (χ4n) is 1.23. The molecule has 0 bridgehead atoms. The monoisotopic (exact) mass is 254 g/mol. The summed E-state index contributed by atoms with van der Waals surface area (Å²) in [6, 6.07) is 6.74. The van der Waals surface area contributed by atoms with Crippen LogP contribution in [0.15, 0.2) is 29.2 Å². The van der Waals surface area contributed by atoms with E-state index in [-0.39, 0.29) is 5.82 Å². The van der Waals surface area contributed by atoms with Crippen LogP contribution in [0, 0.1) is 12.7 Å². The van der Waals surface area contributed by atoms with E-state index >= 15 is 0 Å². The largest absolute Gasteiger partial charge is 0.383 e. The predicted octanol–water partition coefficient (Wildman–Crippen LogP) is 3.47. The lowest BCUT2D eigenvalue weighted by Crippen LogP contribution is -1.87. The second-order valence-corrected chi connectivity index (χ2v) is 5.57. The molecule has 0 atom stereocenters. The Morgan fingerprint density at radius 1 is 1.44 bits per heavy atom. The van der Waals surface area contributed by atoms with Crippen molar-refractivity contribution in [1.29, 1.82) is 0 Å². The normalized spacial score (nSPS) is 10.6. The minimum absolute atomic E-state index is 0.186. The van der Waals surface area contributed by atoms with Crippen LogP contribution in [0.5, 0.6) is 0 Å². The van der Waals surface area contributed by atoms with Crippen LogP contribution in [0.1, 0.15) is 9.88 Å². The summed E-state index contributed by atoms with van der Waals surface area (Å²) in [5.41, 5.74) is 5.66. The summed E-state index contributed by atoms with van der Waals surface area (Å²) in [5, 5.41) is 0.934. The van der Waals surface area contributed by atoms with Gasteiger partial charge >= 0.3 is 0 Å². The van der Waals surface area contributed by atoms with Gasteiger partial charge in [-0.15, -0.1) is 23.1 Å². The maximum atomic E-state index is 13.3. The zero-order chi connectivity index (χ0) is 11.5. The number of hydrogen-bond acceptors (Lipinski definition) is 4. The number of aromatic nitrogens is 1. The minimum atomic E-state index is -0.186.